The normalized spacial score (nSPS) is 21.0. The van der Waals surface area contributed by atoms with E-state index in [1.807, 2.05) is 24.2 Å². The van der Waals surface area contributed by atoms with Gasteiger partial charge < -0.3 is 14.8 Å². The van der Waals surface area contributed by atoms with Gasteiger partial charge in [-0.25, -0.2) is 9.97 Å². The average molecular weight is 326 g/mol. The minimum Gasteiger partial charge on any atom is -0.354 e. The number of carbonyl (C=O) groups is 1. The minimum atomic E-state index is -0.113. The van der Waals surface area contributed by atoms with Gasteiger partial charge in [-0.05, 0) is 24.4 Å². The number of carbonyl (C=O) groups excluding carboxylic acids is 1. The molecule has 9 nitrogen and oxygen atoms in total. The molecule has 124 valence electrons. The molecule has 1 amide bonds. The van der Waals surface area contributed by atoms with Gasteiger partial charge in [0, 0.05) is 36.7 Å². The molecule has 1 saturated carbocycles. The summed E-state index contributed by atoms with van der Waals surface area (Å²) in [7, 11) is 2.03. The third-order valence-corrected chi connectivity index (χ3v) is 5.25. The van der Waals surface area contributed by atoms with Gasteiger partial charge in [0.1, 0.15) is 24.3 Å². The molecule has 2 aromatic heterocycles. The van der Waals surface area contributed by atoms with Crippen LogP contribution >= 0.6 is 0 Å². The van der Waals surface area contributed by atoms with Crippen molar-refractivity contribution in [2.75, 3.05) is 31.6 Å². The number of hydrogen-bond acceptors (Lipinski definition) is 5. The van der Waals surface area contributed by atoms with E-state index < -0.39 is 0 Å². The molecule has 0 radical (unpaired) electrons. The number of H-pyrrole nitrogens is 1. The van der Waals surface area contributed by atoms with Crippen LogP contribution in [0.25, 0.3) is 21.5 Å². The first-order chi connectivity index (χ1) is 11.6. The zero-order valence-corrected chi connectivity index (χ0v) is 13.4. The summed E-state index contributed by atoms with van der Waals surface area (Å²) < 4.78 is 0. The first-order valence-corrected chi connectivity index (χ1v) is 7.94. The molecule has 1 aliphatic carbocycles. The molecule has 1 saturated heterocycles. The second-order valence-electron chi connectivity index (χ2n) is 6.59. The molecule has 4 rings (SSSR count). The molecule has 1 atom stereocenters. The molecule has 1 N–H and O–H groups in total. The van der Waals surface area contributed by atoms with Crippen LogP contribution in [-0.2, 0) is 4.79 Å². The fraction of sp³-hybridized carbons (Fsp3) is 0.533. The number of nitrogens with one attached hydrogen (secondary N) is 1. The maximum absolute atomic E-state index is 12.2. The number of likely N-dealkylation sites (N-methyl/N-ethyl adjacent to an activating group) is 1. The average Bonchev–Trinajstić information content (AvgIpc) is 3.04. The van der Waals surface area contributed by atoms with Crippen molar-refractivity contribution in [3.63, 3.8) is 0 Å². The van der Waals surface area contributed by atoms with E-state index in [2.05, 4.69) is 29.9 Å². The topological polar surface area (TPSA) is 114 Å². The Bertz CT molecular complexity index is 835. The van der Waals surface area contributed by atoms with E-state index in [1.165, 1.54) is 0 Å². The zero-order chi connectivity index (χ0) is 16.7. The number of rotatable bonds is 4. The van der Waals surface area contributed by atoms with E-state index in [0.717, 1.165) is 36.2 Å². The first kappa shape index (κ1) is 14.8. The summed E-state index contributed by atoms with van der Waals surface area (Å²) in [5, 5.41) is 4.38. The summed E-state index contributed by atoms with van der Waals surface area (Å²) in [5.74, 6) is 0.770. The monoisotopic (exact) mass is 326 g/mol. The number of azide groups is 1. The number of anilines is 1. The number of hydrogen-bond donors (Lipinski definition) is 1. The predicted molar refractivity (Wildman–Crippen MR) is 88.3 cm³/mol. The number of nitrogens with zero attached hydrogens (tertiary/aromatic N) is 7. The minimum absolute atomic E-state index is 0.107. The van der Waals surface area contributed by atoms with Crippen molar-refractivity contribution in [1.29, 1.82) is 0 Å². The number of amides is 1. The Morgan fingerprint density at radius 2 is 2.42 bits per heavy atom. The highest BCUT2D eigenvalue weighted by Gasteiger charge is 2.57. The van der Waals surface area contributed by atoms with Crippen LogP contribution in [0.5, 0.6) is 0 Å². The smallest absolute Gasteiger partial charge is 0.228 e. The quantitative estimate of drug-likeness (QED) is 0.523. The number of aromatic nitrogens is 3. The van der Waals surface area contributed by atoms with Crippen LogP contribution in [0.15, 0.2) is 23.7 Å². The number of likely N-dealkylation sites (tertiary alicyclic amines) is 1. The van der Waals surface area contributed by atoms with Crippen molar-refractivity contribution >= 4 is 22.8 Å². The zero-order valence-electron chi connectivity index (χ0n) is 13.4. The van der Waals surface area contributed by atoms with Gasteiger partial charge in [0.25, 0.3) is 0 Å². The Morgan fingerprint density at radius 1 is 1.58 bits per heavy atom. The van der Waals surface area contributed by atoms with Gasteiger partial charge in [0.15, 0.2) is 0 Å². The maximum Gasteiger partial charge on any atom is 0.228 e. The highest BCUT2D eigenvalue weighted by molar-refractivity contribution is 5.87. The second kappa shape index (κ2) is 5.38. The molecule has 0 bridgehead atoms. The van der Waals surface area contributed by atoms with Crippen molar-refractivity contribution in [2.45, 2.75) is 18.9 Å². The van der Waals surface area contributed by atoms with Gasteiger partial charge in [-0.3, -0.25) is 4.79 Å². The van der Waals surface area contributed by atoms with Gasteiger partial charge in [0.2, 0.25) is 5.91 Å². The summed E-state index contributed by atoms with van der Waals surface area (Å²) >= 11 is 0. The predicted octanol–water partition coefficient (Wildman–Crippen LogP) is 1.70. The second-order valence-corrected chi connectivity index (χ2v) is 6.59. The third kappa shape index (κ3) is 2.25. The molecule has 9 heteroatoms. The van der Waals surface area contributed by atoms with Crippen LogP contribution in [-0.4, -0.2) is 58.5 Å². The molecule has 2 aliphatic rings. The summed E-state index contributed by atoms with van der Waals surface area (Å²) in [6, 6.07) is 2.18. The molecule has 0 aromatic carbocycles. The standard InChI is InChI=1S/C15H18N8O/c1-22(14-10-2-5-17-13(10)18-9-19-14)11-7-23(8-15(11)3-4-15)12(24)6-20-21-16/h2,5,9,11H,3-4,6-8H2,1H3,(H,17,18,19)/t11-/m0/s1. The van der Waals surface area contributed by atoms with Crippen LogP contribution in [0.3, 0.4) is 0 Å². The number of aromatic amines is 1. The Labute approximate surface area is 138 Å². The Hall–Kier alpha value is -2.80. The SMILES string of the molecule is CN(c1ncnc2[nH]ccc12)[C@H]1CN(C(=O)CN=[N+]=[N-])CC12CC2. The Morgan fingerprint density at radius 3 is 3.17 bits per heavy atom. The van der Waals surface area contributed by atoms with E-state index in [9.17, 15) is 4.79 Å². The first-order valence-electron chi connectivity index (χ1n) is 7.94. The lowest BCUT2D eigenvalue weighted by atomic mass is 9.99. The highest BCUT2D eigenvalue weighted by Crippen LogP contribution is 2.55. The molecular weight excluding hydrogens is 308 g/mol. The fourth-order valence-corrected chi connectivity index (χ4v) is 3.81. The summed E-state index contributed by atoms with van der Waals surface area (Å²) in [6.45, 7) is 1.24. The molecule has 3 heterocycles. The van der Waals surface area contributed by atoms with E-state index in [4.69, 9.17) is 5.53 Å². The molecule has 24 heavy (non-hydrogen) atoms. The lowest BCUT2D eigenvalue weighted by Crippen LogP contribution is -2.40. The van der Waals surface area contributed by atoms with Gasteiger partial charge in [-0.1, -0.05) is 5.11 Å². The van der Waals surface area contributed by atoms with Gasteiger partial charge in [-0.15, -0.1) is 0 Å². The number of fused-ring (bicyclic) bond motifs is 1. The molecule has 2 fully saturated rings. The van der Waals surface area contributed by atoms with Crippen LogP contribution in [0.1, 0.15) is 12.8 Å². The van der Waals surface area contributed by atoms with Crippen molar-refractivity contribution in [1.82, 2.24) is 19.9 Å². The molecule has 0 unspecified atom stereocenters. The Kier molecular flexibility index (Phi) is 3.31. The molecule has 1 aliphatic heterocycles. The van der Waals surface area contributed by atoms with E-state index in [-0.39, 0.29) is 23.9 Å². The Balaban J connectivity index is 1.60. The lowest BCUT2D eigenvalue weighted by Gasteiger charge is -2.30. The molecule has 2 aromatic rings. The van der Waals surface area contributed by atoms with Crippen molar-refractivity contribution in [3.05, 3.63) is 29.0 Å². The van der Waals surface area contributed by atoms with Crippen molar-refractivity contribution in [2.24, 2.45) is 10.5 Å². The third-order valence-electron chi connectivity index (χ3n) is 5.25. The van der Waals surface area contributed by atoms with Crippen LogP contribution < -0.4 is 4.90 Å². The van der Waals surface area contributed by atoms with Crippen LogP contribution in [0.2, 0.25) is 0 Å². The fourth-order valence-electron chi connectivity index (χ4n) is 3.81. The van der Waals surface area contributed by atoms with E-state index in [1.54, 1.807) is 6.33 Å². The summed E-state index contributed by atoms with van der Waals surface area (Å²) in [4.78, 5) is 30.7. The largest absolute Gasteiger partial charge is 0.354 e. The van der Waals surface area contributed by atoms with E-state index >= 15 is 0 Å². The summed E-state index contributed by atoms with van der Waals surface area (Å²) in [6.07, 6.45) is 5.63. The van der Waals surface area contributed by atoms with Crippen molar-refractivity contribution in [3.8, 4) is 0 Å². The highest BCUT2D eigenvalue weighted by atomic mass is 16.2. The van der Waals surface area contributed by atoms with Crippen LogP contribution in [0, 0.1) is 5.41 Å². The molecular formula is C15H18N8O. The lowest BCUT2D eigenvalue weighted by molar-refractivity contribution is -0.128. The van der Waals surface area contributed by atoms with Gasteiger partial charge >= 0.3 is 0 Å². The van der Waals surface area contributed by atoms with E-state index in [0.29, 0.717) is 6.54 Å². The van der Waals surface area contributed by atoms with Gasteiger partial charge in [0.05, 0.1) is 11.4 Å². The van der Waals surface area contributed by atoms with Crippen LogP contribution in [0.4, 0.5) is 5.82 Å². The molecule has 1 spiro atoms. The van der Waals surface area contributed by atoms with Crippen molar-refractivity contribution < 1.29 is 4.79 Å². The summed E-state index contributed by atoms with van der Waals surface area (Å²) in [5.41, 5.74) is 9.35. The van der Waals surface area contributed by atoms with Gasteiger partial charge in [-0.2, -0.15) is 0 Å². The maximum atomic E-state index is 12.2.